The van der Waals surface area contributed by atoms with Gasteiger partial charge in [-0.1, -0.05) is 61.4 Å². The first-order valence-electron chi connectivity index (χ1n) is 7.21. The first-order valence-corrected chi connectivity index (χ1v) is 9.42. The van der Waals surface area contributed by atoms with Crippen LogP contribution in [0, 0.1) is 0 Å². The van der Waals surface area contributed by atoms with Crippen molar-refractivity contribution in [3.8, 4) is 5.75 Å². The van der Waals surface area contributed by atoms with Crippen molar-refractivity contribution in [2.24, 2.45) is 0 Å². The first kappa shape index (κ1) is 19.7. The van der Waals surface area contributed by atoms with Crippen LogP contribution in [0.2, 0.25) is 0 Å². The summed E-state index contributed by atoms with van der Waals surface area (Å²) in [7, 11) is 5.15. The summed E-state index contributed by atoms with van der Waals surface area (Å²) in [5.41, 5.74) is 1.13. The number of benzene rings is 1. The van der Waals surface area contributed by atoms with E-state index in [0.29, 0.717) is 0 Å². The Morgan fingerprint density at radius 3 is 2.20 bits per heavy atom. The Labute approximate surface area is 132 Å². The molecule has 2 nitrogen and oxygen atoms in total. The molecule has 0 saturated carbocycles. The number of aliphatic hydroxyl groups is 1. The zero-order valence-corrected chi connectivity index (χ0v) is 15.3. The third-order valence-electron chi connectivity index (χ3n) is 2.79. The maximum atomic E-state index is 10.3. The Hall–Kier alpha value is -0.320. The predicted molar refractivity (Wildman–Crippen MR) is 93.7 cm³/mol. The molecular weight excluding hydrogens is 288 g/mol. The van der Waals surface area contributed by atoms with Crippen molar-refractivity contribution < 1.29 is 9.84 Å². The molecule has 4 heteroatoms. The fourth-order valence-corrected chi connectivity index (χ4v) is 5.07. The lowest BCUT2D eigenvalue weighted by Crippen LogP contribution is -2.31. The van der Waals surface area contributed by atoms with E-state index in [2.05, 4.69) is 13.8 Å². The summed E-state index contributed by atoms with van der Waals surface area (Å²) in [6.07, 6.45) is -0.324. The van der Waals surface area contributed by atoms with Crippen molar-refractivity contribution in [3.05, 3.63) is 29.8 Å². The second kappa shape index (κ2) is 9.59. The molecular formula is C16H28O2S2. The van der Waals surface area contributed by atoms with Gasteiger partial charge >= 0.3 is 0 Å². The summed E-state index contributed by atoms with van der Waals surface area (Å²) in [6, 6.07) is 7.94. The molecule has 1 N–H and O–H groups in total. The number of methoxy groups -OCH3 is 1. The fourth-order valence-electron chi connectivity index (χ4n) is 1.70. The third-order valence-corrected chi connectivity index (χ3v) is 6.49. The van der Waals surface area contributed by atoms with Gasteiger partial charge < -0.3 is 9.84 Å². The largest absolute Gasteiger partial charge is 0.497 e. The highest BCUT2D eigenvalue weighted by molar-refractivity contribution is 8.77. The minimum atomic E-state index is -0.324. The second-order valence-electron chi connectivity index (χ2n) is 4.43. The lowest BCUT2D eigenvalue weighted by Gasteiger charge is -2.23. The van der Waals surface area contributed by atoms with Crippen molar-refractivity contribution in [2.45, 2.75) is 57.6 Å². The Bertz CT molecular complexity index is 380. The molecule has 1 aliphatic rings. The molecule has 1 aromatic rings. The predicted octanol–water partition coefficient (Wildman–Crippen LogP) is 5.32. The lowest BCUT2D eigenvalue weighted by atomic mass is 9.97. The summed E-state index contributed by atoms with van der Waals surface area (Å²) >= 11 is 0. The molecule has 0 spiro atoms. The summed E-state index contributed by atoms with van der Waals surface area (Å²) < 4.78 is 5.12. The Balaban J connectivity index is 0.000000829. The van der Waals surface area contributed by atoms with E-state index in [4.69, 9.17) is 4.74 Å². The highest BCUT2D eigenvalue weighted by Crippen LogP contribution is 2.58. The topological polar surface area (TPSA) is 29.5 Å². The van der Waals surface area contributed by atoms with Crippen molar-refractivity contribution >= 4 is 21.6 Å². The van der Waals surface area contributed by atoms with Crippen LogP contribution in [-0.2, 0) is 0 Å². The van der Waals surface area contributed by atoms with Crippen LogP contribution in [0.4, 0.5) is 0 Å². The number of hydrogen-bond acceptors (Lipinski definition) is 4. The summed E-state index contributed by atoms with van der Waals surface area (Å²) in [6.45, 7) is 12.2. The average Bonchev–Trinajstić information content (AvgIpc) is 2.78. The van der Waals surface area contributed by atoms with E-state index < -0.39 is 0 Å². The Morgan fingerprint density at radius 2 is 1.75 bits per heavy atom. The van der Waals surface area contributed by atoms with Gasteiger partial charge in [0.15, 0.2) is 0 Å². The summed E-state index contributed by atoms with van der Waals surface area (Å²) in [5.74, 6) is 0.847. The van der Waals surface area contributed by atoms with Gasteiger partial charge in [0.05, 0.1) is 18.5 Å². The van der Waals surface area contributed by atoms with E-state index in [-0.39, 0.29) is 16.1 Å². The highest BCUT2D eigenvalue weighted by Gasteiger charge is 2.43. The van der Waals surface area contributed by atoms with Gasteiger partial charge in [-0.05, 0) is 31.5 Å². The van der Waals surface area contributed by atoms with Gasteiger partial charge in [-0.25, -0.2) is 0 Å². The molecule has 0 amide bonds. The molecule has 0 aromatic heterocycles. The van der Waals surface area contributed by atoms with Crippen LogP contribution in [-0.4, -0.2) is 23.1 Å². The molecule has 2 rings (SSSR count). The number of ether oxygens (including phenoxy) is 1. The molecule has 0 aliphatic carbocycles. The monoisotopic (exact) mass is 316 g/mol. The fraction of sp³-hybridized carbons (Fsp3) is 0.625. The van der Waals surface area contributed by atoms with Crippen molar-refractivity contribution in [3.63, 3.8) is 0 Å². The second-order valence-corrected chi connectivity index (χ2v) is 7.42. The van der Waals surface area contributed by atoms with E-state index in [1.54, 1.807) is 28.7 Å². The van der Waals surface area contributed by atoms with Gasteiger partial charge in [0, 0.05) is 4.75 Å². The van der Waals surface area contributed by atoms with Gasteiger partial charge in [0.2, 0.25) is 0 Å². The maximum absolute atomic E-state index is 10.3. The smallest absolute Gasteiger partial charge is 0.119 e. The van der Waals surface area contributed by atoms with Crippen LogP contribution in [0.15, 0.2) is 24.3 Å². The maximum Gasteiger partial charge on any atom is 0.119 e. The van der Waals surface area contributed by atoms with Crippen LogP contribution in [0.5, 0.6) is 5.75 Å². The van der Waals surface area contributed by atoms with Crippen LogP contribution in [0.25, 0.3) is 0 Å². The molecule has 0 bridgehead atoms. The van der Waals surface area contributed by atoms with E-state index in [9.17, 15) is 5.11 Å². The molecule has 0 radical (unpaired) electrons. The van der Waals surface area contributed by atoms with Gasteiger partial charge in [0.1, 0.15) is 5.75 Å². The molecule has 1 aromatic carbocycles. The molecule has 1 saturated heterocycles. The van der Waals surface area contributed by atoms with Crippen LogP contribution in [0.3, 0.4) is 0 Å². The van der Waals surface area contributed by atoms with Gasteiger partial charge in [-0.2, -0.15) is 0 Å². The first-order chi connectivity index (χ1) is 9.54. The Kier molecular flexibility index (Phi) is 9.43. The normalized spacial score (nSPS) is 23.0. The SMILES string of the molecule is CC.CC.COc1cccc(C2SSC(C)(C)C2O)c1. The van der Waals surface area contributed by atoms with E-state index in [0.717, 1.165) is 11.3 Å². The molecule has 2 unspecified atom stereocenters. The number of aliphatic hydroxyl groups excluding tert-OH is 1. The highest BCUT2D eigenvalue weighted by atomic mass is 33.1. The third kappa shape index (κ3) is 4.90. The Morgan fingerprint density at radius 1 is 1.15 bits per heavy atom. The minimum Gasteiger partial charge on any atom is -0.497 e. The van der Waals surface area contributed by atoms with Crippen molar-refractivity contribution in [1.82, 2.24) is 0 Å². The van der Waals surface area contributed by atoms with Crippen LogP contribution >= 0.6 is 21.6 Å². The van der Waals surface area contributed by atoms with Crippen LogP contribution < -0.4 is 4.74 Å². The summed E-state index contributed by atoms with van der Waals surface area (Å²) in [4.78, 5) is 0. The van der Waals surface area contributed by atoms with Crippen LogP contribution in [0.1, 0.15) is 52.4 Å². The number of rotatable bonds is 2. The summed E-state index contributed by atoms with van der Waals surface area (Å²) in [5, 5.41) is 10.4. The zero-order valence-electron chi connectivity index (χ0n) is 13.6. The molecule has 2 atom stereocenters. The average molecular weight is 317 g/mol. The molecule has 1 fully saturated rings. The van der Waals surface area contributed by atoms with Crippen molar-refractivity contribution in [2.75, 3.05) is 7.11 Å². The molecule has 116 valence electrons. The molecule has 1 aliphatic heterocycles. The molecule has 1 heterocycles. The number of hydrogen-bond donors (Lipinski definition) is 1. The lowest BCUT2D eigenvalue weighted by molar-refractivity contribution is 0.143. The standard InChI is InChI=1S/C12H16O2S2.2C2H6/c1-12(2)11(13)10(15-16-12)8-5-4-6-9(7-8)14-3;2*1-2/h4-7,10-11,13H,1-3H3;2*1-2H3. The van der Waals surface area contributed by atoms with Crippen molar-refractivity contribution in [1.29, 1.82) is 0 Å². The van der Waals surface area contributed by atoms with Gasteiger partial charge in [-0.3, -0.25) is 0 Å². The quantitative estimate of drug-likeness (QED) is 0.747. The minimum absolute atomic E-state index is 0.0849. The van der Waals surface area contributed by atoms with E-state index in [1.807, 2.05) is 52.0 Å². The van der Waals surface area contributed by atoms with E-state index >= 15 is 0 Å². The zero-order chi connectivity index (χ0) is 15.8. The molecule has 20 heavy (non-hydrogen) atoms. The van der Waals surface area contributed by atoms with E-state index in [1.165, 1.54) is 0 Å². The van der Waals surface area contributed by atoms with Gasteiger partial charge in [-0.15, -0.1) is 0 Å². The van der Waals surface area contributed by atoms with Gasteiger partial charge in [0.25, 0.3) is 0 Å².